The Balaban J connectivity index is 1.49. The highest BCUT2D eigenvalue weighted by molar-refractivity contribution is 7.22. The first-order valence-electron chi connectivity index (χ1n) is 12.8. The average molecular weight is 555 g/mol. The highest BCUT2D eigenvalue weighted by Crippen LogP contribution is 2.45. The lowest BCUT2D eigenvalue weighted by molar-refractivity contribution is -0.132. The first-order chi connectivity index (χ1) is 19.4. The SMILES string of the molecule is C=CCOc1ccc([C@H]2/C(=C(\O)c3ccc4c(c3)C[C@@H](C)O4)C(=O)C(=O)N2c2nc3ccc(OC)cc3s2)cc1. The zero-order chi connectivity index (χ0) is 28.0. The van der Waals surface area contributed by atoms with Gasteiger partial charge in [-0.15, -0.1) is 0 Å². The summed E-state index contributed by atoms with van der Waals surface area (Å²) in [6.07, 6.45) is 2.36. The van der Waals surface area contributed by atoms with Crippen molar-refractivity contribution in [3.8, 4) is 17.2 Å². The van der Waals surface area contributed by atoms with Gasteiger partial charge in [0.15, 0.2) is 5.13 Å². The summed E-state index contributed by atoms with van der Waals surface area (Å²) in [5.74, 6) is 0.231. The lowest BCUT2D eigenvalue weighted by Gasteiger charge is -2.23. The first kappa shape index (κ1) is 25.6. The summed E-state index contributed by atoms with van der Waals surface area (Å²) in [7, 11) is 1.58. The van der Waals surface area contributed by atoms with Crippen LogP contribution in [0.4, 0.5) is 5.13 Å². The number of carbonyl (C=O) groups is 2. The quantitative estimate of drug-likeness (QED) is 0.133. The standard InChI is InChI=1S/C31H26N2O6S/c1-4-13-38-21-8-5-18(6-9-21)27-26(28(34)19-7-12-24-20(15-19)14-17(2)39-24)29(35)30(36)33(27)31-32-23-11-10-22(37-3)16-25(23)40-31/h4-12,15-17,27,34H,1,13-14H2,2-3H3/b28-26+/t17-,27+/m1/s1. The second-order valence-electron chi connectivity index (χ2n) is 9.62. The molecule has 0 aliphatic carbocycles. The van der Waals surface area contributed by atoms with E-state index in [2.05, 4.69) is 11.6 Å². The van der Waals surface area contributed by atoms with E-state index in [9.17, 15) is 14.7 Å². The monoisotopic (exact) mass is 554 g/mol. The van der Waals surface area contributed by atoms with E-state index in [1.807, 2.05) is 19.1 Å². The maximum atomic E-state index is 13.6. The average Bonchev–Trinajstić information content (AvgIpc) is 3.63. The Bertz CT molecular complexity index is 1690. The summed E-state index contributed by atoms with van der Waals surface area (Å²) in [4.78, 5) is 33.2. The number of Topliss-reactive ketones (excluding diaryl/α,β-unsaturated/α-hetero) is 1. The summed E-state index contributed by atoms with van der Waals surface area (Å²) >= 11 is 1.27. The maximum absolute atomic E-state index is 13.6. The fourth-order valence-electron chi connectivity index (χ4n) is 5.09. The van der Waals surface area contributed by atoms with Gasteiger partial charge in [-0.1, -0.05) is 36.1 Å². The van der Waals surface area contributed by atoms with Crippen LogP contribution in [0.3, 0.4) is 0 Å². The van der Waals surface area contributed by atoms with E-state index in [4.69, 9.17) is 14.2 Å². The summed E-state index contributed by atoms with van der Waals surface area (Å²) in [6.45, 7) is 5.98. The molecule has 1 aromatic heterocycles. The number of methoxy groups -OCH3 is 1. The molecule has 0 spiro atoms. The number of hydrogen-bond donors (Lipinski definition) is 1. The molecule has 1 N–H and O–H groups in total. The molecule has 1 fully saturated rings. The molecule has 2 atom stereocenters. The van der Waals surface area contributed by atoms with E-state index in [1.54, 1.807) is 61.7 Å². The highest BCUT2D eigenvalue weighted by atomic mass is 32.1. The fourth-order valence-corrected chi connectivity index (χ4v) is 6.12. The van der Waals surface area contributed by atoms with E-state index in [0.717, 1.165) is 16.0 Å². The molecule has 40 heavy (non-hydrogen) atoms. The molecule has 1 saturated heterocycles. The number of aromatic nitrogens is 1. The van der Waals surface area contributed by atoms with Gasteiger partial charge < -0.3 is 19.3 Å². The Morgan fingerprint density at radius 2 is 1.93 bits per heavy atom. The van der Waals surface area contributed by atoms with E-state index >= 15 is 0 Å². The molecule has 3 heterocycles. The number of thiazole rings is 1. The third kappa shape index (κ3) is 4.38. The lowest BCUT2D eigenvalue weighted by Crippen LogP contribution is -2.29. The molecule has 0 bridgehead atoms. The normalized spacial score (nSPS) is 19.5. The van der Waals surface area contributed by atoms with Crippen molar-refractivity contribution in [1.29, 1.82) is 0 Å². The van der Waals surface area contributed by atoms with Gasteiger partial charge in [-0.25, -0.2) is 4.98 Å². The predicted molar refractivity (Wildman–Crippen MR) is 153 cm³/mol. The number of fused-ring (bicyclic) bond motifs is 2. The highest BCUT2D eigenvalue weighted by Gasteiger charge is 2.48. The number of anilines is 1. The Labute approximate surface area is 234 Å². The van der Waals surface area contributed by atoms with Crippen LogP contribution in [-0.2, 0) is 16.0 Å². The van der Waals surface area contributed by atoms with E-state index < -0.39 is 17.7 Å². The third-order valence-electron chi connectivity index (χ3n) is 6.97. The molecule has 202 valence electrons. The van der Waals surface area contributed by atoms with Gasteiger partial charge in [-0.05, 0) is 66.6 Å². The van der Waals surface area contributed by atoms with Crippen molar-refractivity contribution in [3.05, 3.63) is 95.6 Å². The predicted octanol–water partition coefficient (Wildman–Crippen LogP) is 5.82. The third-order valence-corrected chi connectivity index (χ3v) is 7.99. The van der Waals surface area contributed by atoms with Crippen molar-refractivity contribution in [2.45, 2.75) is 25.5 Å². The van der Waals surface area contributed by atoms with Crippen molar-refractivity contribution in [3.63, 3.8) is 0 Å². The zero-order valence-corrected chi connectivity index (χ0v) is 22.7. The molecule has 6 rings (SSSR count). The fraction of sp³-hybridized carbons (Fsp3) is 0.194. The second-order valence-corrected chi connectivity index (χ2v) is 10.6. The van der Waals surface area contributed by atoms with Gasteiger partial charge in [0.2, 0.25) is 0 Å². The summed E-state index contributed by atoms with van der Waals surface area (Å²) in [6, 6.07) is 16.9. The number of amides is 1. The molecule has 1 amide bonds. The van der Waals surface area contributed by atoms with Crippen molar-refractivity contribution in [1.82, 2.24) is 4.98 Å². The molecule has 9 heteroatoms. The molecule has 3 aromatic carbocycles. The molecule has 2 aliphatic rings. The summed E-state index contributed by atoms with van der Waals surface area (Å²) in [5, 5.41) is 11.9. The Hall–Kier alpha value is -4.63. The molecule has 2 aliphatic heterocycles. The van der Waals surface area contributed by atoms with Gasteiger partial charge in [0.25, 0.3) is 5.78 Å². The number of aliphatic hydroxyl groups is 1. The molecular formula is C31H26N2O6S. The van der Waals surface area contributed by atoms with Crippen molar-refractivity contribution in [2.24, 2.45) is 0 Å². The zero-order valence-electron chi connectivity index (χ0n) is 21.9. The molecular weight excluding hydrogens is 528 g/mol. The van der Waals surface area contributed by atoms with Crippen LogP contribution in [0.5, 0.6) is 17.2 Å². The first-order valence-corrected chi connectivity index (χ1v) is 13.6. The second kappa shape index (κ2) is 10.2. The van der Waals surface area contributed by atoms with Gasteiger partial charge in [0.05, 0.1) is 28.9 Å². The number of ether oxygens (including phenoxy) is 3. The van der Waals surface area contributed by atoms with Gasteiger partial charge in [-0.3, -0.25) is 14.5 Å². The van der Waals surface area contributed by atoms with E-state index in [0.29, 0.717) is 46.3 Å². The smallest absolute Gasteiger partial charge is 0.301 e. The molecule has 0 saturated carbocycles. The summed E-state index contributed by atoms with van der Waals surface area (Å²) in [5.41, 5.74) is 2.67. The van der Waals surface area contributed by atoms with Crippen LogP contribution in [-0.4, -0.2) is 41.6 Å². The Morgan fingerprint density at radius 3 is 2.67 bits per heavy atom. The summed E-state index contributed by atoms with van der Waals surface area (Å²) < 4.78 is 17.6. The molecule has 0 radical (unpaired) electrons. The largest absolute Gasteiger partial charge is 0.507 e. The minimum atomic E-state index is -0.903. The Kier molecular flexibility index (Phi) is 6.51. The van der Waals surface area contributed by atoms with Crippen LogP contribution >= 0.6 is 11.3 Å². The minimum Gasteiger partial charge on any atom is -0.507 e. The Morgan fingerprint density at radius 1 is 1.15 bits per heavy atom. The van der Waals surface area contributed by atoms with Gasteiger partial charge in [0.1, 0.15) is 35.7 Å². The number of benzene rings is 3. The van der Waals surface area contributed by atoms with Crippen molar-refractivity contribution >= 4 is 44.1 Å². The van der Waals surface area contributed by atoms with E-state index in [-0.39, 0.29) is 17.4 Å². The van der Waals surface area contributed by atoms with Crippen LogP contribution < -0.4 is 19.1 Å². The van der Waals surface area contributed by atoms with Crippen LogP contribution in [0, 0.1) is 0 Å². The van der Waals surface area contributed by atoms with Crippen LogP contribution in [0.15, 0.2) is 78.9 Å². The number of aliphatic hydroxyl groups excluding tert-OH is 1. The minimum absolute atomic E-state index is 0.00601. The number of ketones is 1. The van der Waals surface area contributed by atoms with Crippen LogP contribution in [0.25, 0.3) is 16.0 Å². The van der Waals surface area contributed by atoms with Gasteiger partial charge in [-0.2, -0.15) is 0 Å². The topological polar surface area (TPSA) is 98.2 Å². The number of hydrogen-bond acceptors (Lipinski definition) is 8. The van der Waals surface area contributed by atoms with Crippen LogP contribution in [0.1, 0.15) is 29.7 Å². The van der Waals surface area contributed by atoms with Crippen LogP contribution in [0.2, 0.25) is 0 Å². The molecule has 0 unspecified atom stereocenters. The van der Waals surface area contributed by atoms with Gasteiger partial charge in [0, 0.05) is 12.0 Å². The van der Waals surface area contributed by atoms with Gasteiger partial charge >= 0.3 is 5.91 Å². The number of carbonyl (C=O) groups excluding carboxylic acids is 2. The lowest BCUT2D eigenvalue weighted by atomic mass is 9.94. The molecule has 8 nitrogen and oxygen atoms in total. The number of rotatable bonds is 7. The van der Waals surface area contributed by atoms with Crippen molar-refractivity contribution < 1.29 is 28.9 Å². The van der Waals surface area contributed by atoms with E-state index in [1.165, 1.54) is 16.2 Å². The molecule has 4 aromatic rings. The number of nitrogens with zero attached hydrogens (tertiary/aromatic N) is 2. The maximum Gasteiger partial charge on any atom is 0.301 e. The van der Waals surface area contributed by atoms with Crippen molar-refractivity contribution in [2.75, 3.05) is 18.6 Å².